The third-order valence-electron chi connectivity index (χ3n) is 3.79. The molecular weight excluding hydrogens is 384 g/mol. The van der Waals surface area contributed by atoms with Crippen molar-refractivity contribution in [1.29, 1.82) is 0 Å². The number of benzene rings is 1. The number of aromatic nitrogens is 1. The Labute approximate surface area is 154 Å². The van der Waals surface area contributed by atoms with Crippen LogP contribution in [0.25, 0.3) is 10.2 Å². The number of nitrogens with one attached hydrogen (secondary N) is 1. The summed E-state index contributed by atoms with van der Waals surface area (Å²) in [6.07, 6.45) is 2.14. The fraction of sp³-hybridized carbons (Fsp3) is 0.211. The number of carbonyl (C=O) groups is 1. The molecule has 1 amide bonds. The normalized spacial score (nSPS) is 10.8. The highest BCUT2D eigenvalue weighted by Crippen LogP contribution is 2.33. The van der Waals surface area contributed by atoms with Crippen molar-refractivity contribution in [1.82, 2.24) is 9.88 Å². The van der Waals surface area contributed by atoms with E-state index in [0.717, 1.165) is 20.3 Å². The number of halogens is 1. The van der Waals surface area contributed by atoms with E-state index in [2.05, 4.69) is 51.1 Å². The van der Waals surface area contributed by atoms with Crippen LogP contribution in [0.15, 0.2) is 57.9 Å². The molecule has 0 saturated heterocycles. The van der Waals surface area contributed by atoms with Crippen molar-refractivity contribution in [2.24, 2.45) is 0 Å². The van der Waals surface area contributed by atoms with Gasteiger partial charge in [0.05, 0.1) is 14.7 Å². The minimum Gasteiger partial charge on any atom is -0.347 e. The molecule has 2 heterocycles. The number of amides is 1. The molecule has 3 nitrogen and oxygen atoms in total. The van der Waals surface area contributed by atoms with E-state index in [1.54, 1.807) is 11.3 Å². The zero-order chi connectivity index (χ0) is 17.1. The topological polar surface area (TPSA) is 34.0 Å². The first-order valence-electron chi connectivity index (χ1n) is 7.78. The molecule has 124 valence electrons. The lowest BCUT2D eigenvalue weighted by Gasteiger charge is -2.10. The van der Waals surface area contributed by atoms with Gasteiger partial charge in [0.2, 0.25) is 0 Å². The SMILES string of the molecule is CC(C)=CCn1c(C(=O)NCc2ccccc2)cc2scc(Br)c21. The summed E-state index contributed by atoms with van der Waals surface area (Å²) in [5, 5.41) is 5.09. The van der Waals surface area contributed by atoms with Gasteiger partial charge in [0.1, 0.15) is 5.69 Å². The zero-order valence-corrected chi connectivity index (χ0v) is 16.1. The Bertz CT molecular complexity index is 889. The fourth-order valence-corrected chi connectivity index (χ4v) is 4.24. The molecule has 0 bridgehead atoms. The second kappa shape index (κ2) is 7.36. The number of thiophene rings is 1. The first-order valence-corrected chi connectivity index (χ1v) is 9.45. The average Bonchev–Trinajstić information content (AvgIpc) is 3.12. The van der Waals surface area contributed by atoms with Gasteiger partial charge < -0.3 is 9.88 Å². The van der Waals surface area contributed by atoms with E-state index < -0.39 is 0 Å². The van der Waals surface area contributed by atoms with Gasteiger partial charge in [-0.2, -0.15) is 0 Å². The predicted molar refractivity (Wildman–Crippen MR) is 105 cm³/mol. The molecule has 3 aromatic rings. The lowest BCUT2D eigenvalue weighted by Crippen LogP contribution is -2.25. The monoisotopic (exact) mass is 402 g/mol. The molecule has 0 aliphatic carbocycles. The lowest BCUT2D eigenvalue weighted by molar-refractivity contribution is 0.0942. The van der Waals surface area contributed by atoms with Gasteiger partial charge in [0.15, 0.2) is 0 Å². The van der Waals surface area contributed by atoms with Crippen molar-refractivity contribution in [2.45, 2.75) is 26.9 Å². The van der Waals surface area contributed by atoms with Crippen molar-refractivity contribution in [3.63, 3.8) is 0 Å². The molecule has 0 aliphatic rings. The molecule has 3 rings (SSSR count). The summed E-state index contributed by atoms with van der Waals surface area (Å²) in [6.45, 7) is 5.36. The number of fused-ring (bicyclic) bond motifs is 1. The minimum atomic E-state index is -0.0451. The Hall–Kier alpha value is -1.85. The standard InChI is InChI=1S/C19H19BrN2OS/c1-13(2)8-9-22-16(10-17-18(22)15(20)12-24-17)19(23)21-11-14-6-4-3-5-7-14/h3-8,10,12H,9,11H2,1-2H3,(H,21,23). The molecule has 0 radical (unpaired) electrons. The summed E-state index contributed by atoms with van der Waals surface area (Å²) in [6, 6.07) is 11.9. The Morgan fingerprint density at radius 3 is 2.75 bits per heavy atom. The van der Waals surface area contributed by atoms with Gasteiger partial charge in [0, 0.05) is 18.5 Å². The van der Waals surface area contributed by atoms with Crippen LogP contribution in [0.1, 0.15) is 29.9 Å². The van der Waals surface area contributed by atoms with Crippen molar-refractivity contribution >= 4 is 43.4 Å². The summed E-state index contributed by atoms with van der Waals surface area (Å²) in [7, 11) is 0. The van der Waals surface area contributed by atoms with E-state index in [-0.39, 0.29) is 5.91 Å². The zero-order valence-electron chi connectivity index (χ0n) is 13.7. The van der Waals surface area contributed by atoms with Crippen LogP contribution in [0, 0.1) is 0 Å². The smallest absolute Gasteiger partial charge is 0.268 e. The Balaban J connectivity index is 1.88. The van der Waals surface area contributed by atoms with Crippen LogP contribution in [0.3, 0.4) is 0 Å². The summed E-state index contributed by atoms with van der Waals surface area (Å²) in [5.74, 6) is -0.0451. The van der Waals surface area contributed by atoms with Crippen molar-refractivity contribution in [3.8, 4) is 0 Å². The van der Waals surface area contributed by atoms with Gasteiger partial charge in [-0.1, -0.05) is 42.0 Å². The minimum absolute atomic E-state index is 0.0451. The second-order valence-electron chi connectivity index (χ2n) is 5.89. The largest absolute Gasteiger partial charge is 0.347 e. The molecule has 0 spiro atoms. The molecule has 0 unspecified atom stereocenters. The third kappa shape index (κ3) is 3.62. The summed E-state index contributed by atoms with van der Waals surface area (Å²) in [4.78, 5) is 12.7. The molecule has 1 aromatic carbocycles. The molecule has 0 fully saturated rings. The van der Waals surface area contributed by atoms with Gasteiger partial charge in [-0.25, -0.2) is 0 Å². The third-order valence-corrected chi connectivity index (χ3v) is 5.61. The highest BCUT2D eigenvalue weighted by molar-refractivity contribution is 9.10. The Morgan fingerprint density at radius 1 is 1.29 bits per heavy atom. The van der Waals surface area contributed by atoms with Crippen molar-refractivity contribution in [3.05, 3.63) is 69.2 Å². The van der Waals surface area contributed by atoms with E-state index in [1.807, 2.05) is 36.4 Å². The number of rotatable bonds is 5. The van der Waals surface area contributed by atoms with Gasteiger partial charge in [-0.15, -0.1) is 11.3 Å². The molecular formula is C19H19BrN2OS. The quantitative estimate of drug-likeness (QED) is 0.572. The number of hydrogen-bond acceptors (Lipinski definition) is 2. The summed E-state index contributed by atoms with van der Waals surface area (Å²) >= 11 is 5.25. The van der Waals surface area contributed by atoms with Crippen LogP contribution in [0.2, 0.25) is 0 Å². The molecule has 0 atom stereocenters. The molecule has 5 heteroatoms. The fourth-order valence-electron chi connectivity index (χ4n) is 2.55. The van der Waals surface area contributed by atoms with Crippen LogP contribution < -0.4 is 5.32 Å². The molecule has 0 aliphatic heterocycles. The summed E-state index contributed by atoms with van der Waals surface area (Å²) < 4.78 is 4.23. The first kappa shape index (κ1) is 17.0. The maximum absolute atomic E-state index is 12.7. The maximum atomic E-state index is 12.7. The number of hydrogen-bond donors (Lipinski definition) is 1. The number of nitrogens with zero attached hydrogens (tertiary/aromatic N) is 1. The van der Waals surface area contributed by atoms with Crippen LogP contribution in [-0.4, -0.2) is 10.5 Å². The van der Waals surface area contributed by atoms with Gasteiger partial charge >= 0.3 is 0 Å². The highest BCUT2D eigenvalue weighted by Gasteiger charge is 2.18. The van der Waals surface area contributed by atoms with Gasteiger partial charge in [0.25, 0.3) is 5.91 Å². The van der Waals surface area contributed by atoms with E-state index in [4.69, 9.17) is 0 Å². The molecule has 2 aromatic heterocycles. The van der Waals surface area contributed by atoms with E-state index >= 15 is 0 Å². The van der Waals surface area contributed by atoms with E-state index in [9.17, 15) is 4.79 Å². The first-order chi connectivity index (χ1) is 11.6. The van der Waals surface area contributed by atoms with Crippen LogP contribution >= 0.6 is 27.3 Å². The predicted octanol–water partition coefficient (Wildman–Crippen LogP) is 5.36. The van der Waals surface area contributed by atoms with Gasteiger partial charge in [-0.3, -0.25) is 4.79 Å². The maximum Gasteiger partial charge on any atom is 0.268 e. The number of allylic oxidation sites excluding steroid dienone is 2. The highest BCUT2D eigenvalue weighted by atomic mass is 79.9. The van der Waals surface area contributed by atoms with Gasteiger partial charge in [-0.05, 0) is 41.4 Å². The summed E-state index contributed by atoms with van der Waals surface area (Å²) in [5.41, 5.74) is 4.11. The van der Waals surface area contributed by atoms with Crippen LogP contribution in [0.4, 0.5) is 0 Å². The Kier molecular flexibility index (Phi) is 5.21. The molecule has 1 N–H and O–H groups in total. The Morgan fingerprint density at radius 2 is 2.04 bits per heavy atom. The molecule has 24 heavy (non-hydrogen) atoms. The average molecular weight is 403 g/mol. The lowest BCUT2D eigenvalue weighted by atomic mass is 10.2. The number of carbonyl (C=O) groups excluding carboxylic acids is 1. The van der Waals surface area contributed by atoms with E-state index in [1.165, 1.54) is 5.57 Å². The van der Waals surface area contributed by atoms with Crippen molar-refractivity contribution in [2.75, 3.05) is 0 Å². The van der Waals surface area contributed by atoms with E-state index in [0.29, 0.717) is 18.8 Å². The molecule has 0 saturated carbocycles. The van der Waals surface area contributed by atoms with Crippen molar-refractivity contribution < 1.29 is 4.79 Å². The second-order valence-corrected chi connectivity index (χ2v) is 7.65. The van der Waals surface area contributed by atoms with Crippen LogP contribution in [0.5, 0.6) is 0 Å². The van der Waals surface area contributed by atoms with Crippen LogP contribution in [-0.2, 0) is 13.1 Å².